The van der Waals surface area contributed by atoms with Crippen LogP contribution in [0.3, 0.4) is 0 Å². The van der Waals surface area contributed by atoms with E-state index in [1.165, 1.54) is 116 Å². The second-order valence-electron chi connectivity index (χ2n) is 27.9. The minimum atomic E-state index is -0.395. The van der Waals surface area contributed by atoms with Crippen LogP contribution < -0.4 is 26.2 Å². The van der Waals surface area contributed by atoms with E-state index in [2.05, 4.69) is 317 Å². The van der Waals surface area contributed by atoms with Crippen molar-refractivity contribution < 1.29 is 0 Å². The van der Waals surface area contributed by atoms with Crippen molar-refractivity contribution in [1.82, 2.24) is 4.57 Å². The van der Waals surface area contributed by atoms with Crippen LogP contribution in [0.15, 0.2) is 212 Å². The predicted octanol–water partition coefficient (Wildman–Crippen LogP) is 19.1. The Morgan fingerprint density at radius 1 is 0.378 bits per heavy atom. The third-order valence-corrected chi connectivity index (χ3v) is 18.9. The normalized spacial score (nSPS) is 14.8. The molecule has 2 aliphatic heterocycles. The molecule has 4 heteroatoms. The van der Waals surface area contributed by atoms with Crippen LogP contribution in [-0.4, -0.2) is 11.3 Å². The summed E-state index contributed by atoms with van der Waals surface area (Å²) >= 11 is 0. The lowest BCUT2D eigenvalue weighted by atomic mass is 9.30. The highest BCUT2D eigenvalue weighted by Gasteiger charge is 2.48. The van der Waals surface area contributed by atoms with Crippen molar-refractivity contribution in [2.45, 2.75) is 117 Å². The number of fused-ring (bicyclic) bond motifs is 10. The molecule has 1 aromatic heterocycles. The van der Waals surface area contributed by atoms with Crippen LogP contribution in [0.5, 0.6) is 0 Å². The molecule has 82 heavy (non-hydrogen) atoms. The second-order valence-corrected chi connectivity index (χ2v) is 27.9. The van der Waals surface area contributed by atoms with Gasteiger partial charge in [-0.05, 0) is 168 Å². The summed E-state index contributed by atoms with van der Waals surface area (Å²) in [6.07, 6.45) is 0. The number of aromatic nitrogens is 1. The van der Waals surface area contributed by atoms with Crippen LogP contribution in [0.25, 0.3) is 49.7 Å². The van der Waals surface area contributed by atoms with Gasteiger partial charge in [0.2, 0.25) is 6.71 Å². The standard InChI is InChI=1S/C78H74BN3/c1-74(2,3)50-33-39-68(59(41-50)49-25-17-14-18-26-49)80(53-27-19-15-20-28-53)55-36-38-66-64(46-55)78(12,13)65-43-52(76(7,8)9)44-72-73(65)79(66)67-47-61-60-42-51(75(4,5)6)34-40-69(60)81(54-29-21-16-22-30-54)70(61)48-71(67)82(72)56-35-37-58-57-31-23-24-32-62(57)77(10,11)63(58)45-56/h14-48H,1-13H3. The quantitative estimate of drug-likeness (QED) is 0.154. The van der Waals surface area contributed by atoms with Gasteiger partial charge in [-0.3, -0.25) is 0 Å². The van der Waals surface area contributed by atoms with E-state index in [0.29, 0.717) is 0 Å². The molecular weight excluding hydrogens is 990 g/mol. The van der Waals surface area contributed by atoms with Crippen LogP contribution in [0.4, 0.5) is 34.1 Å². The Morgan fingerprint density at radius 3 is 1.70 bits per heavy atom. The molecule has 0 saturated carbocycles. The first-order valence-corrected chi connectivity index (χ1v) is 29.7. The highest BCUT2D eigenvalue weighted by molar-refractivity contribution is 6.99. The predicted molar refractivity (Wildman–Crippen MR) is 352 cm³/mol. The van der Waals surface area contributed by atoms with Gasteiger partial charge in [-0.2, -0.15) is 0 Å². The largest absolute Gasteiger partial charge is 0.311 e. The maximum Gasteiger partial charge on any atom is 0.247 e. The van der Waals surface area contributed by atoms with E-state index in [4.69, 9.17) is 0 Å². The summed E-state index contributed by atoms with van der Waals surface area (Å²) in [7, 11) is 0. The minimum absolute atomic E-state index is 0.0284. The molecule has 0 bridgehead atoms. The van der Waals surface area contributed by atoms with Crippen LogP contribution in [-0.2, 0) is 27.1 Å². The molecule has 0 saturated heterocycles. The summed E-state index contributed by atoms with van der Waals surface area (Å²) in [6.45, 7) is 30.9. The van der Waals surface area contributed by atoms with Crippen LogP contribution in [0.2, 0.25) is 0 Å². The molecule has 0 N–H and O–H groups in total. The molecule has 0 spiro atoms. The fraction of sp³-hybridized carbons (Fsp3) is 0.231. The number of para-hydroxylation sites is 2. The first kappa shape index (κ1) is 51.8. The highest BCUT2D eigenvalue weighted by atomic mass is 15.2. The summed E-state index contributed by atoms with van der Waals surface area (Å²) in [4.78, 5) is 5.18. The lowest BCUT2D eigenvalue weighted by molar-refractivity contribution is 0.583. The summed E-state index contributed by atoms with van der Waals surface area (Å²) in [5.41, 5.74) is 28.6. The van der Waals surface area contributed by atoms with Gasteiger partial charge in [0.1, 0.15) is 0 Å². The van der Waals surface area contributed by atoms with Crippen molar-refractivity contribution in [2.75, 3.05) is 9.80 Å². The highest BCUT2D eigenvalue weighted by Crippen LogP contribution is 2.53. The van der Waals surface area contributed by atoms with E-state index in [-0.39, 0.29) is 28.4 Å². The average molecular weight is 1060 g/mol. The van der Waals surface area contributed by atoms with Crippen molar-refractivity contribution in [3.63, 3.8) is 0 Å². The molecule has 0 amide bonds. The molecule has 0 fully saturated rings. The Bertz CT molecular complexity index is 4390. The second kappa shape index (κ2) is 18.1. The van der Waals surface area contributed by atoms with Gasteiger partial charge in [-0.25, -0.2) is 0 Å². The first-order chi connectivity index (χ1) is 39.1. The fourth-order valence-corrected chi connectivity index (χ4v) is 14.3. The molecule has 3 aliphatic rings. The molecule has 3 nitrogen and oxygen atoms in total. The number of hydrogen-bond donors (Lipinski definition) is 0. The number of benzene rings is 10. The Labute approximate surface area is 487 Å². The zero-order valence-electron chi connectivity index (χ0n) is 50.1. The van der Waals surface area contributed by atoms with Gasteiger partial charge in [0.05, 0.1) is 16.7 Å². The maximum absolute atomic E-state index is 2.67. The summed E-state index contributed by atoms with van der Waals surface area (Å²) in [6, 6.07) is 81.6. The average Bonchev–Trinajstić information content (AvgIpc) is 4.08. The fourth-order valence-electron chi connectivity index (χ4n) is 14.3. The van der Waals surface area contributed by atoms with Crippen molar-refractivity contribution in [3.8, 4) is 27.9 Å². The van der Waals surface area contributed by atoms with Gasteiger partial charge >= 0.3 is 0 Å². The zero-order valence-corrected chi connectivity index (χ0v) is 50.1. The van der Waals surface area contributed by atoms with E-state index in [0.717, 1.165) is 22.7 Å². The summed E-state index contributed by atoms with van der Waals surface area (Å²) < 4.78 is 2.52. The maximum atomic E-state index is 2.67. The molecule has 10 aromatic carbocycles. The number of nitrogens with zero attached hydrogens (tertiary/aromatic N) is 3. The van der Waals surface area contributed by atoms with Gasteiger partial charge in [0.15, 0.2) is 0 Å². The minimum Gasteiger partial charge on any atom is -0.311 e. The van der Waals surface area contributed by atoms with Crippen LogP contribution >= 0.6 is 0 Å². The van der Waals surface area contributed by atoms with E-state index < -0.39 is 5.41 Å². The van der Waals surface area contributed by atoms with Crippen LogP contribution in [0.1, 0.15) is 129 Å². The van der Waals surface area contributed by atoms with Crippen molar-refractivity contribution >= 4 is 79.0 Å². The van der Waals surface area contributed by atoms with E-state index in [9.17, 15) is 0 Å². The first-order valence-electron chi connectivity index (χ1n) is 29.7. The Morgan fingerprint density at radius 2 is 0.988 bits per heavy atom. The Hall–Kier alpha value is -8.34. The van der Waals surface area contributed by atoms with Crippen molar-refractivity contribution in [1.29, 1.82) is 0 Å². The Kier molecular flexibility index (Phi) is 11.4. The molecule has 11 aromatic rings. The van der Waals surface area contributed by atoms with Gasteiger partial charge in [-0.1, -0.05) is 223 Å². The van der Waals surface area contributed by atoms with Crippen LogP contribution in [0, 0.1) is 0 Å². The molecular formula is C78H74BN3. The van der Waals surface area contributed by atoms with E-state index in [1.807, 2.05) is 0 Å². The molecule has 14 rings (SSSR count). The van der Waals surface area contributed by atoms with Crippen molar-refractivity contribution in [2.24, 2.45) is 0 Å². The number of rotatable bonds is 6. The molecule has 0 atom stereocenters. The number of hydrogen-bond acceptors (Lipinski definition) is 2. The van der Waals surface area contributed by atoms with Crippen molar-refractivity contribution in [3.05, 3.63) is 251 Å². The third-order valence-electron chi connectivity index (χ3n) is 18.9. The third kappa shape index (κ3) is 7.91. The SMILES string of the molecule is CC(C)(C)c1ccc(N(c2ccccc2)c2ccc3c(c2)C(C)(C)c2cc(C(C)(C)C)cc4c2B3c2cc3c5cc(C(C)(C)C)ccc5n(-c5ccccc5)c3cc2N4c2ccc3c(c2)C(C)(C)c2ccccc2-3)c(-c2ccccc2)c1. The molecule has 404 valence electrons. The van der Waals surface area contributed by atoms with Gasteiger partial charge in [0, 0.05) is 61.3 Å². The number of anilines is 6. The molecule has 1 aliphatic carbocycles. The van der Waals surface area contributed by atoms with E-state index >= 15 is 0 Å². The molecule has 0 unspecified atom stereocenters. The lowest BCUT2D eigenvalue weighted by Gasteiger charge is -2.46. The van der Waals surface area contributed by atoms with Gasteiger partial charge in [0.25, 0.3) is 0 Å². The van der Waals surface area contributed by atoms with Gasteiger partial charge < -0.3 is 14.4 Å². The van der Waals surface area contributed by atoms with E-state index in [1.54, 1.807) is 0 Å². The smallest absolute Gasteiger partial charge is 0.247 e. The topological polar surface area (TPSA) is 11.4 Å². The molecule has 0 radical (unpaired) electrons. The monoisotopic (exact) mass is 1060 g/mol. The van der Waals surface area contributed by atoms with Gasteiger partial charge in [-0.15, -0.1) is 0 Å². The Balaban J connectivity index is 1.08. The summed E-state index contributed by atoms with van der Waals surface area (Å²) in [5.74, 6) is 0. The molecule has 3 heterocycles. The summed E-state index contributed by atoms with van der Waals surface area (Å²) in [5, 5.41) is 2.56. The lowest BCUT2D eigenvalue weighted by Crippen LogP contribution is -2.64. The zero-order chi connectivity index (χ0) is 57.0.